The highest BCUT2D eigenvalue weighted by Crippen LogP contribution is 2.53. The fourth-order valence-corrected chi connectivity index (χ4v) is 11.7. The predicted molar refractivity (Wildman–Crippen MR) is 284 cm³/mol. The molecule has 4 nitrogen and oxygen atoms in total. The van der Waals surface area contributed by atoms with E-state index in [4.69, 9.17) is 4.74 Å². The van der Waals surface area contributed by atoms with Gasteiger partial charge in [-0.2, -0.15) is 0 Å². The van der Waals surface area contributed by atoms with Gasteiger partial charge in [0.2, 0.25) is 0 Å². The first-order valence-corrected chi connectivity index (χ1v) is 23.9. The molecule has 68 heavy (non-hydrogen) atoms. The molecular weight excluding hydrogens is 827 g/mol. The van der Waals surface area contributed by atoms with E-state index in [1.54, 1.807) is 0 Å². The van der Waals surface area contributed by atoms with E-state index in [-0.39, 0.29) is 11.6 Å². The molecule has 0 spiro atoms. The summed E-state index contributed by atoms with van der Waals surface area (Å²) in [5, 5.41) is 11.4. The van der Waals surface area contributed by atoms with E-state index in [1.807, 2.05) is 6.07 Å². The number of hydrogen-bond donors (Lipinski definition) is 1. The summed E-state index contributed by atoms with van der Waals surface area (Å²) >= 11 is 0. The van der Waals surface area contributed by atoms with Crippen LogP contribution in [0.2, 0.25) is 0 Å². The Hall–Kier alpha value is -8.34. The molecule has 0 amide bonds. The van der Waals surface area contributed by atoms with Crippen LogP contribution < -0.4 is 15.0 Å². The Morgan fingerprint density at radius 3 is 2.01 bits per heavy atom. The first kappa shape index (κ1) is 38.9. The van der Waals surface area contributed by atoms with Crippen LogP contribution >= 0.6 is 0 Å². The van der Waals surface area contributed by atoms with Crippen molar-refractivity contribution >= 4 is 72.2 Å². The van der Waals surface area contributed by atoms with Crippen molar-refractivity contribution in [1.82, 2.24) is 4.57 Å². The number of benzene rings is 10. The van der Waals surface area contributed by atoms with Crippen LogP contribution in [0.3, 0.4) is 0 Å². The molecule has 324 valence electrons. The number of nitrogens with zero attached hydrogens (tertiary/aromatic N) is 2. The predicted octanol–water partition coefficient (Wildman–Crippen LogP) is 17.0. The zero-order chi connectivity index (χ0) is 45.1. The summed E-state index contributed by atoms with van der Waals surface area (Å²) in [5.41, 5.74) is 19.1. The van der Waals surface area contributed by atoms with E-state index in [1.165, 1.54) is 82.8 Å². The highest BCUT2D eigenvalue weighted by atomic mass is 16.5. The van der Waals surface area contributed by atoms with Crippen LogP contribution in [-0.4, -0.2) is 4.57 Å². The molecular formula is C64H47N3O. The molecule has 3 heterocycles. The number of hydrogen-bond acceptors (Lipinski definition) is 3. The average Bonchev–Trinajstić information content (AvgIpc) is 3.96. The summed E-state index contributed by atoms with van der Waals surface area (Å²) in [6.07, 6.45) is 6.59. The number of aromatic nitrogens is 1. The van der Waals surface area contributed by atoms with Crippen molar-refractivity contribution in [3.05, 3.63) is 234 Å². The number of fused-ring (bicyclic) bond motifs is 12. The smallest absolute Gasteiger partial charge is 0.196 e. The zero-order valence-electron chi connectivity index (χ0n) is 38.0. The van der Waals surface area contributed by atoms with Crippen molar-refractivity contribution in [3.8, 4) is 33.7 Å². The van der Waals surface area contributed by atoms with Gasteiger partial charge in [0.25, 0.3) is 0 Å². The Kier molecular flexibility index (Phi) is 8.48. The maximum atomic E-state index is 6.66. The summed E-state index contributed by atoms with van der Waals surface area (Å²) in [6.45, 7) is 4.73. The lowest BCUT2D eigenvalue weighted by atomic mass is 9.73. The lowest BCUT2D eigenvalue weighted by molar-refractivity contribution is 0.260. The Bertz CT molecular complexity index is 3880. The summed E-state index contributed by atoms with van der Waals surface area (Å²) in [5.74, 6) is 0.863. The molecule has 1 N–H and O–H groups in total. The van der Waals surface area contributed by atoms with Gasteiger partial charge in [-0.25, -0.2) is 0 Å². The molecule has 14 rings (SSSR count). The average molecular weight is 874 g/mol. The summed E-state index contributed by atoms with van der Waals surface area (Å²) < 4.78 is 9.09. The standard InChI is InChI=1S/C64H47N3O/c1-64(2)55-23-13-14-24-59(55)67(45-17-7-4-8-18-45)60-34-29-44(37-56(60)64)43-28-33-58-53(36-43)54-38-62-57(65-63(68-62)41-15-5-3-6-16-41)39-61(54)66(58)46-30-25-40(26-31-46)42-27-32-51-49-21-10-9-19-47(49)48-20-11-12-22-50(48)52(51)35-42/h3-8,10-18,20-39,63,65H,9,19H2,1-2H3. The normalized spacial score (nSPS) is 15.5. The van der Waals surface area contributed by atoms with Crippen LogP contribution in [0.5, 0.6) is 5.75 Å². The zero-order valence-corrected chi connectivity index (χ0v) is 38.0. The van der Waals surface area contributed by atoms with Gasteiger partial charge >= 0.3 is 0 Å². The Balaban J connectivity index is 0.903. The van der Waals surface area contributed by atoms with Crippen molar-refractivity contribution in [2.24, 2.45) is 0 Å². The number of ether oxygens (including phenoxy) is 1. The van der Waals surface area contributed by atoms with Crippen LogP contribution in [0.15, 0.2) is 206 Å². The van der Waals surface area contributed by atoms with E-state index in [0.717, 1.165) is 57.6 Å². The number of rotatable bonds is 5. The van der Waals surface area contributed by atoms with Crippen LogP contribution in [-0.2, 0) is 11.8 Å². The third-order valence-electron chi connectivity index (χ3n) is 15.1. The van der Waals surface area contributed by atoms with E-state index in [9.17, 15) is 0 Å². The number of allylic oxidation sites excluding steroid dienone is 1. The van der Waals surface area contributed by atoms with Crippen molar-refractivity contribution in [3.63, 3.8) is 0 Å². The number of anilines is 4. The van der Waals surface area contributed by atoms with Crippen molar-refractivity contribution in [2.75, 3.05) is 10.2 Å². The number of nitrogens with one attached hydrogen (secondary N) is 1. The van der Waals surface area contributed by atoms with Crippen molar-refractivity contribution < 1.29 is 4.74 Å². The van der Waals surface area contributed by atoms with Gasteiger partial charge in [-0.1, -0.05) is 153 Å². The van der Waals surface area contributed by atoms with E-state index in [2.05, 4.69) is 235 Å². The molecule has 11 aromatic rings. The van der Waals surface area contributed by atoms with Crippen molar-refractivity contribution in [1.29, 1.82) is 0 Å². The molecule has 0 bridgehead atoms. The molecule has 1 aromatic heterocycles. The molecule has 1 aliphatic carbocycles. The fourth-order valence-electron chi connectivity index (χ4n) is 11.7. The SMILES string of the molecule is CC1(C)c2ccccc2N(c2ccccc2)c2ccc(-c3ccc4c(c3)c3cc5c(cc3n4-c3ccc(-c4ccc6c7c(c8ccccc8c6c4)CCC=C7)cc3)NC(c3ccccc3)O5)cc21. The number of aryl methyl sites for hydroxylation is 1. The van der Waals surface area contributed by atoms with E-state index >= 15 is 0 Å². The van der Waals surface area contributed by atoms with Gasteiger partial charge in [0.05, 0.1) is 28.1 Å². The molecule has 1 unspecified atom stereocenters. The lowest BCUT2D eigenvalue weighted by Gasteiger charge is -2.42. The summed E-state index contributed by atoms with van der Waals surface area (Å²) in [4.78, 5) is 2.42. The highest BCUT2D eigenvalue weighted by Gasteiger charge is 2.37. The van der Waals surface area contributed by atoms with E-state index < -0.39 is 0 Å². The molecule has 0 saturated carbocycles. The third kappa shape index (κ3) is 5.86. The topological polar surface area (TPSA) is 29.4 Å². The highest BCUT2D eigenvalue weighted by molar-refractivity contribution is 6.15. The van der Waals surface area contributed by atoms with Gasteiger partial charge in [-0.15, -0.1) is 0 Å². The minimum atomic E-state index is -0.257. The summed E-state index contributed by atoms with van der Waals surface area (Å²) in [6, 6.07) is 73.7. The molecule has 0 fully saturated rings. The lowest BCUT2D eigenvalue weighted by Crippen LogP contribution is -2.30. The third-order valence-corrected chi connectivity index (χ3v) is 15.1. The molecule has 2 aliphatic heterocycles. The quantitative estimate of drug-likeness (QED) is 0.175. The Morgan fingerprint density at radius 2 is 1.16 bits per heavy atom. The van der Waals surface area contributed by atoms with Gasteiger partial charge in [0.15, 0.2) is 6.23 Å². The number of para-hydroxylation sites is 2. The first-order chi connectivity index (χ1) is 33.5. The largest absolute Gasteiger partial charge is 0.464 e. The van der Waals surface area contributed by atoms with E-state index in [0.29, 0.717) is 0 Å². The monoisotopic (exact) mass is 873 g/mol. The second-order valence-electron chi connectivity index (χ2n) is 19.2. The van der Waals surface area contributed by atoms with Gasteiger partial charge in [0.1, 0.15) is 5.75 Å². The molecule has 10 aromatic carbocycles. The maximum Gasteiger partial charge on any atom is 0.196 e. The van der Waals surface area contributed by atoms with Crippen LogP contribution in [0.25, 0.3) is 77.4 Å². The molecule has 4 heteroatoms. The van der Waals surface area contributed by atoms with Crippen molar-refractivity contribution in [2.45, 2.75) is 38.3 Å². The second kappa shape index (κ2) is 14.8. The molecule has 3 aliphatic rings. The Morgan fingerprint density at radius 1 is 0.500 bits per heavy atom. The van der Waals surface area contributed by atoms with Crippen LogP contribution in [0.1, 0.15) is 54.3 Å². The van der Waals surface area contributed by atoms with Gasteiger partial charge in [0, 0.05) is 33.1 Å². The first-order valence-electron chi connectivity index (χ1n) is 23.9. The fraction of sp³-hybridized carbons (Fsp3) is 0.0938. The Labute approximate surface area is 396 Å². The second-order valence-corrected chi connectivity index (χ2v) is 19.2. The van der Waals surface area contributed by atoms with Gasteiger partial charge in [-0.05, 0) is 152 Å². The summed E-state index contributed by atoms with van der Waals surface area (Å²) in [7, 11) is 0. The van der Waals surface area contributed by atoms with Gasteiger partial charge in [-0.3, -0.25) is 0 Å². The van der Waals surface area contributed by atoms with Crippen LogP contribution in [0, 0.1) is 0 Å². The van der Waals surface area contributed by atoms with Crippen LogP contribution in [0.4, 0.5) is 22.7 Å². The molecule has 0 saturated heterocycles. The maximum absolute atomic E-state index is 6.66. The minimum Gasteiger partial charge on any atom is -0.464 e. The minimum absolute atomic E-state index is 0.211. The molecule has 0 radical (unpaired) electrons. The van der Waals surface area contributed by atoms with Gasteiger partial charge < -0.3 is 19.5 Å². The molecule has 1 atom stereocenters.